The number of amides is 3. The molecule has 0 aromatic heterocycles. The fraction of sp³-hybridized carbons (Fsp3) is 0.529. The number of carbonyl (C=O) groups excluding carboxylic acids is 4. The summed E-state index contributed by atoms with van der Waals surface area (Å²) in [4.78, 5) is 54.6. The van der Waals surface area contributed by atoms with Crippen LogP contribution in [0, 0.1) is 6.92 Å². The number of ether oxygens (including phenoxy) is 2. The Bertz CT molecular complexity index is 1180. The molecular formula is C34H49N3O6. The molecule has 0 saturated carbocycles. The molecule has 9 nitrogen and oxygen atoms in total. The molecule has 2 aromatic carbocycles. The minimum absolute atomic E-state index is 0.205. The molecule has 2 atom stereocenters. The van der Waals surface area contributed by atoms with Crippen molar-refractivity contribution in [2.75, 3.05) is 20.2 Å². The minimum Gasteiger partial charge on any atom is -0.468 e. The zero-order chi connectivity index (χ0) is 31.8. The lowest BCUT2D eigenvalue weighted by atomic mass is 9.98. The summed E-state index contributed by atoms with van der Waals surface area (Å²) in [6.07, 6.45) is 5.43. The van der Waals surface area contributed by atoms with Gasteiger partial charge in [0.1, 0.15) is 24.2 Å². The lowest BCUT2D eigenvalue weighted by molar-refractivity contribution is -0.144. The third kappa shape index (κ3) is 12.9. The van der Waals surface area contributed by atoms with Gasteiger partial charge in [-0.15, -0.1) is 0 Å². The maximum Gasteiger partial charge on any atom is 0.408 e. The number of alkyl carbamates (subject to hydrolysis) is 1. The second kappa shape index (κ2) is 17.9. The molecule has 0 fully saturated rings. The number of benzene rings is 2. The molecule has 2 aromatic rings. The van der Waals surface area contributed by atoms with E-state index in [-0.39, 0.29) is 19.5 Å². The third-order valence-corrected chi connectivity index (χ3v) is 6.86. The summed E-state index contributed by atoms with van der Waals surface area (Å²) < 4.78 is 10.2. The van der Waals surface area contributed by atoms with Gasteiger partial charge < -0.3 is 25.0 Å². The van der Waals surface area contributed by atoms with Crippen LogP contribution in [0.15, 0.2) is 54.6 Å². The lowest BCUT2D eigenvalue weighted by Crippen LogP contribution is -2.54. The van der Waals surface area contributed by atoms with Gasteiger partial charge in [-0.2, -0.15) is 0 Å². The number of esters is 1. The highest BCUT2D eigenvalue weighted by atomic mass is 16.6. The fourth-order valence-corrected chi connectivity index (χ4v) is 4.77. The van der Waals surface area contributed by atoms with Crippen molar-refractivity contribution in [3.8, 4) is 0 Å². The van der Waals surface area contributed by atoms with Crippen molar-refractivity contribution >= 4 is 23.9 Å². The van der Waals surface area contributed by atoms with Crippen LogP contribution in [0.1, 0.15) is 89.0 Å². The van der Waals surface area contributed by atoms with Crippen molar-refractivity contribution in [2.45, 2.75) is 97.2 Å². The summed E-state index contributed by atoms with van der Waals surface area (Å²) in [5.74, 6) is -1.52. The molecule has 0 radical (unpaired) electrons. The van der Waals surface area contributed by atoms with Gasteiger partial charge in [0.05, 0.1) is 7.11 Å². The number of hydrogen-bond donors (Lipinski definition) is 2. The van der Waals surface area contributed by atoms with Crippen molar-refractivity contribution < 1.29 is 28.7 Å². The van der Waals surface area contributed by atoms with E-state index in [0.29, 0.717) is 12.0 Å². The van der Waals surface area contributed by atoms with Gasteiger partial charge in [-0.3, -0.25) is 14.4 Å². The van der Waals surface area contributed by atoms with Gasteiger partial charge in [0.15, 0.2) is 0 Å². The molecule has 9 heteroatoms. The average molecular weight is 596 g/mol. The van der Waals surface area contributed by atoms with Gasteiger partial charge in [-0.1, -0.05) is 99.2 Å². The quantitative estimate of drug-likeness (QED) is 0.192. The standard InChI is InChI=1S/C34H49N3O6/c1-7-8-9-10-11-15-21-37(30(27-20-16-17-25(2)22-27)31(39)35-24-29(38)42-6)32(40)28(23-26-18-13-12-14-19-26)36-33(41)43-34(3,4)5/h12-14,16-20,22,28,30H,7-11,15,21,23-24H2,1-6H3,(H,35,39)(H,36,41). The Morgan fingerprint density at radius 1 is 0.907 bits per heavy atom. The van der Waals surface area contributed by atoms with Crippen LogP contribution >= 0.6 is 0 Å². The van der Waals surface area contributed by atoms with Crippen molar-refractivity contribution in [1.82, 2.24) is 15.5 Å². The first kappa shape index (κ1) is 35.3. The normalized spacial score (nSPS) is 12.5. The Balaban J connectivity index is 2.52. The molecule has 0 spiro atoms. The van der Waals surface area contributed by atoms with Crippen LogP contribution < -0.4 is 10.6 Å². The molecule has 0 aliphatic heterocycles. The number of unbranched alkanes of at least 4 members (excludes halogenated alkanes) is 5. The van der Waals surface area contributed by atoms with Gasteiger partial charge in [0.2, 0.25) is 11.8 Å². The number of hydrogen-bond acceptors (Lipinski definition) is 6. The van der Waals surface area contributed by atoms with Crippen molar-refractivity contribution in [1.29, 1.82) is 0 Å². The minimum atomic E-state index is -1.04. The molecule has 2 rings (SSSR count). The van der Waals surface area contributed by atoms with Crippen LogP contribution in [-0.4, -0.2) is 60.6 Å². The van der Waals surface area contributed by atoms with E-state index in [9.17, 15) is 19.2 Å². The zero-order valence-corrected chi connectivity index (χ0v) is 26.6. The molecule has 0 aliphatic carbocycles. The van der Waals surface area contributed by atoms with E-state index in [0.717, 1.165) is 43.2 Å². The van der Waals surface area contributed by atoms with Crippen LogP contribution in [0.4, 0.5) is 4.79 Å². The topological polar surface area (TPSA) is 114 Å². The molecule has 2 N–H and O–H groups in total. The molecule has 236 valence electrons. The molecule has 2 unspecified atom stereocenters. The number of nitrogens with zero attached hydrogens (tertiary/aromatic N) is 1. The zero-order valence-electron chi connectivity index (χ0n) is 26.6. The van der Waals surface area contributed by atoms with E-state index in [4.69, 9.17) is 9.47 Å². The van der Waals surface area contributed by atoms with Crippen LogP contribution in [0.3, 0.4) is 0 Å². The van der Waals surface area contributed by atoms with E-state index < -0.39 is 41.6 Å². The number of rotatable bonds is 16. The Kier molecular flexibility index (Phi) is 14.7. The summed E-state index contributed by atoms with van der Waals surface area (Å²) in [7, 11) is 1.25. The van der Waals surface area contributed by atoms with E-state index in [1.165, 1.54) is 12.0 Å². The summed E-state index contributed by atoms with van der Waals surface area (Å²) in [5.41, 5.74) is 1.61. The molecule has 0 saturated heterocycles. The van der Waals surface area contributed by atoms with Gasteiger partial charge in [0.25, 0.3) is 0 Å². The maximum absolute atomic E-state index is 14.5. The number of methoxy groups -OCH3 is 1. The van der Waals surface area contributed by atoms with Gasteiger partial charge in [0, 0.05) is 13.0 Å². The SMILES string of the molecule is CCCCCCCCN(C(=O)C(Cc1ccccc1)NC(=O)OC(C)(C)C)C(C(=O)NCC(=O)OC)c1cccc(C)c1. The lowest BCUT2D eigenvalue weighted by Gasteiger charge is -2.34. The van der Waals surface area contributed by atoms with Crippen molar-refractivity contribution in [3.05, 3.63) is 71.3 Å². The van der Waals surface area contributed by atoms with E-state index >= 15 is 0 Å². The second-order valence-electron chi connectivity index (χ2n) is 11.8. The van der Waals surface area contributed by atoms with Gasteiger partial charge >= 0.3 is 12.1 Å². The maximum atomic E-state index is 14.5. The highest BCUT2D eigenvalue weighted by Crippen LogP contribution is 2.25. The predicted molar refractivity (Wildman–Crippen MR) is 167 cm³/mol. The molecule has 0 aliphatic rings. The highest BCUT2D eigenvalue weighted by Gasteiger charge is 2.36. The van der Waals surface area contributed by atoms with E-state index in [1.807, 2.05) is 55.5 Å². The monoisotopic (exact) mass is 595 g/mol. The largest absolute Gasteiger partial charge is 0.468 e. The number of aryl methyl sites for hydroxylation is 1. The smallest absolute Gasteiger partial charge is 0.408 e. The first-order valence-corrected chi connectivity index (χ1v) is 15.2. The first-order valence-electron chi connectivity index (χ1n) is 15.2. The Morgan fingerprint density at radius 2 is 1.58 bits per heavy atom. The van der Waals surface area contributed by atoms with Gasteiger partial charge in [-0.25, -0.2) is 4.79 Å². The number of nitrogens with one attached hydrogen (secondary N) is 2. The van der Waals surface area contributed by atoms with E-state index in [1.54, 1.807) is 26.8 Å². The molecule has 0 heterocycles. The van der Waals surface area contributed by atoms with Crippen LogP contribution in [-0.2, 0) is 30.3 Å². The van der Waals surface area contributed by atoms with Crippen LogP contribution in [0.5, 0.6) is 0 Å². The molecule has 3 amide bonds. The second-order valence-corrected chi connectivity index (χ2v) is 11.8. The number of carbonyl (C=O) groups is 4. The molecule has 0 bridgehead atoms. The Morgan fingerprint density at radius 3 is 2.21 bits per heavy atom. The first-order chi connectivity index (χ1) is 20.4. The summed E-state index contributed by atoms with van der Waals surface area (Å²) in [6.45, 7) is 9.29. The Labute approximate surface area is 256 Å². The highest BCUT2D eigenvalue weighted by molar-refractivity contribution is 5.93. The van der Waals surface area contributed by atoms with E-state index in [2.05, 4.69) is 17.6 Å². The summed E-state index contributed by atoms with van der Waals surface area (Å²) in [5, 5.41) is 5.42. The van der Waals surface area contributed by atoms with Crippen LogP contribution in [0.25, 0.3) is 0 Å². The van der Waals surface area contributed by atoms with Crippen LogP contribution in [0.2, 0.25) is 0 Å². The predicted octanol–water partition coefficient (Wildman–Crippen LogP) is 5.65. The third-order valence-electron chi connectivity index (χ3n) is 6.86. The summed E-state index contributed by atoms with van der Waals surface area (Å²) in [6, 6.07) is 14.8. The van der Waals surface area contributed by atoms with Gasteiger partial charge in [-0.05, 0) is 45.2 Å². The Hall–Kier alpha value is -3.88. The fourth-order valence-electron chi connectivity index (χ4n) is 4.77. The van der Waals surface area contributed by atoms with Crippen molar-refractivity contribution in [3.63, 3.8) is 0 Å². The van der Waals surface area contributed by atoms with Crippen molar-refractivity contribution in [2.24, 2.45) is 0 Å². The average Bonchev–Trinajstić information content (AvgIpc) is 2.95. The summed E-state index contributed by atoms with van der Waals surface area (Å²) >= 11 is 0. The molecular weight excluding hydrogens is 546 g/mol. The molecule has 43 heavy (non-hydrogen) atoms.